The molecule has 3 aromatic carbocycles. The molecule has 0 unspecified atom stereocenters. The second kappa shape index (κ2) is 9.14. The maximum Gasteiger partial charge on any atom is 0.293 e. The standard InChI is InChI=1S/C24H17F2NO3S/c25-19-9-5-17(6-10-19)15-30-20-11-7-16(8-12-20)13-22-23(28)27(24(29)31-22)14-18-3-1-2-4-21(18)26/h1-13H,14-15H2/b22-13-. The second-order valence-corrected chi connectivity index (χ2v) is 7.84. The van der Waals surface area contributed by atoms with E-state index in [-0.39, 0.29) is 22.8 Å². The molecule has 2 amide bonds. The number of nitrogens with zero attached hydrogens (tertiary/aromatic N) is 1. The predicted molar refractivity (Wildman–Crippen MR) is 115 cm³/mol. The fourth-order valence-corrected chi connectivity index (χ4v) is 3.83. The van der Waals surface area contributed by atoms with Crippen LogP contribution in [0.25, 0.3) is 6.08 Å². The van der Waals surface area contributed by atoms with Crippen molar-refractivity contribution in [3.05, 3.63) is 106 Å². The van der Waals surface area contributed by atoms with E-state index >= 15 is 0 Å². The average Bonchev–Trinajstić information content (AvgIpc) is 3.03. The second-order valence-electron chi connectivity index (χ2n) is 6.84. The summed E-state index contributed by atoms with van der Waals surface area (Å²) in [6, 6.07) is 19.2. The number of amides is 2. The number of hydrogen-bond acceptors (Lipinski definition) is 4. The monoisotopic (exact) mass is 437 g/mol. The molecule has 1 aliphatic rings. The lowest BCUT2D eigenvalue weighted by molar-refractivity contribution is -0.123. The van der Waals surface area contributed by atoms with Crippen LogP contribution in [-0.2, 0) is 17.9 Å². The van der Waals surface area contributed by atoms with Gasteiger partial charge in [0.25, 0.3) is 11.1 Å². The molecule has 156 valence electrons. The molecular weight excluding hydrogens is 420 g/mol. The van der Waals surface area contributed by atoms with Crippen LogP contribution in [-0.4, -0.2) is 16.0 Å². The van der Waals surface area contributed by atoms with Crippen LogP contribution in [0.5, 0.6) is 5.75 Å². The normalized spacial score (nSPS) is 15.0. The van der Waals surface area contributed by atoms with Crippen LogP contribution < -0.4 is 4.74 Å². The number of rotatable bonds is 6. The Hall–Kier alpha value is -3.45. The molecule has 0 aromatic heterocycles. The Labute approximate surface area is 182 Å². The molecule has 0 atom stereocenters. The van der Waals surface area contributed by atoms with Crippen LogP contribution in [0.3, 0.4) is 0 Å². The molecule has 0 bridgehead atoms. The van der Waals surface area contributed by atoms with Gasteiger partial charge in [-0.3, -0.25) is 14.5 Å². The van der Waals surface area contributed by atoms with Gasteiger partial charge in [0.15, 0.2) is 0 Å². The van der Waals surface area contributed by atoms with Crippen LogP contribution in [0.1, 0.15) is 16.7 Å². The first kappa shape index (κ1) is 20.8. The summed E-state index contributed by atoms with van der Waals surface area (Å²) in [5, 5.41) is -0.432. The molecule has 7 heteroatoms. The number of hydrogen-bond donors (Lipinski definition) is 0. The van der Waals surface area contributed by atoms with Crippen LogP contribution >= 0.6 is 11.8 Å². The summed E-state index contributed by atoms with van der Waals surface area (Å²) >= 11 is 0.829. The van der Waals surface area contributed by atoms with Gasteiger partial charge in [0.1, 0.15) is 24.0 Å². The quantitative estimate of drug-likeness (QED) is 0.459. The van der Waals surface area contributed by atoms with Crippen LogP contribution in [0.2, 0.25) is 0 Å². The highest BCUT2D eigenvalue weighted by Crippen LogP contribution is 2.33. The van der Waals surface area contributed by atoms with Gasteiger partial charge in [-0.2, -0.15) is 0 Å². The zero-order valence-electron chi connectivity index (χ0n) is 16.3. The van der Waals surface area contributed by atoms with E-state index < -0.39 is 17.0 Å². The molecule has 0 aliphatic carbocycles. The van der Waals surface area contributed by atoms with Crippen LogP contribution in [0, 0.1) is 11.6 Å². The number of benzene rings is 3. The van der Waals surface area contributed by atoms with Crippen LogP contribution in [0.15, 0.2) is 77.7 Å². The maximum atomic E-state index is 13.9. The molecule has 1 heterocycles. The maximum absolute atomic E-state index is 13.9. The van der Waals surface area contributed by atoms with Gasteiger partial charge in [0, 0.05) is 5.56 Å². The molecule has 0 saturated carbocycles. The minimum Gasteiger partial charge on any atom is -0.489 e. The van der Waals surface area contributed by atoms with Gasteiger partial charge in [-0.1, -0.05) is 42.5 Å². The average molecular weight is 437 g/mol. The summed E-state index contributed by atoms with van der Waals surface area (Å²) < 4.78 is 32.5. The fraction of sp³-hybridized carbons (Fsp3) is 0.0833. The van der Waals surface area contributed by atoms with Crippen molar-refractivity contribution in [3.63, 3.8) is 0 Å². The highest BCUT2D eigenvalue weighted by atomic mass is 32.2. The van der Waals surface area contributed by atoms with E-state index in [4.69, 9.17) is 4.74 Å². The molecule has 31 heavy (non-hydrogen) atoms. The third-order valence-corrected chi connectivity index (χ3v) is 5.56. The molecule has 1 fully saturated rings. The Morgan fingerprint density at radius 1 is 0.903 bits per heavy atom. The SMILES string of the molecule is O=C1S/C(=C\c2ccc(OCc3ccc(F)cc3)cc2)C(=O)N1Cc1ccccc1F. The number of imide groups is 1. The predicted octanol–water partition coefficient (Wildman–Crippen LogP) is 5.78. The number of ether oxygens (including phenoxy) is 1. The summed E-state index contributed by atoms with van der Waals surface area (Å²) in [4.78, 5) is 26.2. The summed E-state index contributed by atoms with van der Waals surface area (Å²) in [7, 11) is 0. The first-order valence-electron chi connectivity index (χ1n) is 9.46. The van der Waals surface area contributed by atoms with E-state index in [1.54, 1.807) is 60.7 Å². The zero-order chi connectivity index (χ0) is 21.8. The smallest absolute Gasteiger partial charge is 0.293 e. The zero-order valence-corrected chi connectivity index (χ0v) is 17.1. The lowest BCUT2D eigenvalue weighted by atomic mass is 10.2. The van der Waals surface area contributed by atoms with E-state index in [9.17, 15) is 18.4 Å². The topological polar surface area (TPSA) is 46.6 Å². The Bertz CT molecular complexity index is 1140. The van der Waals surface area contributed by atoms with Crippen molar-refractivity contribution in [2.24, 2.45) is 0 Å². The molecule has 0 spiro atoms. The summed E-state index contributed by atoms with van der Waals surface area (Å²) in [6.07, 6.45) is 1.62. The molecular formula is C24H17F2NO3S. The third kappa shape index (κ3) is 5.00. The lowest BCUT2D eigenvalue weighted by Gasteiger charge is -2.12. The highest BCUT2D eigenvalue weighted by molar-refractivity contribution is 8.18. The molecule has 0 radical (unpaired) electrons. The van der Waals surface area contributed by atoms with E-state index in [1.165, 1.54) is 18.2 Å². The van der Waals surface area contributed by atoms with Crippen molar-refractivity contribution >= 4 is 29.0 Å². The van der Waals surface area contributed by atoms with E-state index in [1.807, 2.05) is 0 Å². The molecule has 3 aromatic rings. The summed E-state index contributed by atoms with van der Waals surface area (Å²) in [5.74, 6) is -0.586. The Kier molecular flexibility index (Phi) is 6.13. The molecule has 4 nitrogen and oxygen atoms in total. The van der Waals surface area contributed by atoms with Crippen molar-refractivity contribution in [1.82, 2.24) is 4.90 Å². The molecule has 1 saturated heterocycles. The largest absolute Gasteiger partial charge is 0.489 e. The number of carbonyl (C=O) groups excluding carboxylic acids is 2. The minimum atomic E-state index is -0.457. The van der Waals surface area contributed by atoms with Gasteiger partial charge < -0.3 is 4.74 Å². The fourth-order valence-electron chi connectivity index (χ4n) is 2.99. The van der Waals surface area contributed by atoms with Crippen LogP contribution in [0.4, 0.5) is 13.6 Å². The van der Waals surface area contributed by atoms with E-state index in [0.29, 0.717) is 12.4 Å². The van der Waals surface area contributed by atoms with Gasteiger partial charge in [0.2, 0.25) is 0 Å². The number of carbonyl (C=O) groups is 2. The van der Waals surface area contributed by atoms with Gasteiger partial charge in [-0.25, -0.2) is 8.78 Å². The van der Waals surface area contributed by atoms with E-state index in [0.717, 1.165) is 27.8 Å². The van der Waals surface area contributed by atoms with E-state index in [2.05, 4.69) is 0 Å². The van der Waals surface area contributed by atoms with Crippen molar-refractivity contribution < 1.29 is 23.1 Å². The van der Waals surface area contributed by atoms with Gasteiger partial charge in [-0.15, -0.1) is 0 Å². The number of halogens is 2. The van der Waals surface area contributed by atoms with Gasteiger partial charge in [-0.05, 0) is 59.3 Å². The molecule has 1 aliphatic heterocycles. The third-order valence-electron chi connectivity index (χ3n) is 4.66. The Morgan fingerprint density at radius 3 is 2.32 bits per heavy atom. The summed E-state index contributed by atoms with van der Waals surface area (Å²) in [6.45, 7) is 0.194. The Balaban J connectivity index is 1.41. The van der Waals surface area contributed by atoms with Crippen molar-refractivity contribution in [3.8, 4) is 5.75 Å². The van der Waals surface area contributed by atoms with Crippen molar-refractivity contribution in [1.29, 1.82) is 0 Å². The first-order chi connectivity index (χ1) is 15.0. The molecule has 0 N–H and O–H groups in total. The minimum absolute atomic E-state index is 0.106. The van der Waals surface area contributed by atoms with Crippen molar-refractivity contribution in [2.45, 2.75) is 13.2 Å². The highest BCUT2D eigenvalue weighted by Gasteiger charge is 2.35. The van der Waals surface area contributed by atoms with Crippen molar-refractivity contribution in [2.75, 3.05) is 0 Å². The van der Waals surface area contributed by atoms with Gasteiger partial charge >= 0.3 is 0 Å². The number of thioether (sulfide) groups is 1. The Morgan fingerprint density at radius 2 is 1.61 bits per heavy atom. The lowest BCUT2D eigenvalue weighted by Crippen LogP contribution is -2.27. The first-order valence-corrected chi connectivity index (χ1v) is 10.3. The molecule has 4 rings (SSSR count). The summed E-state index contributed by atoms with van der Waals surface area (Å²) in [5.41, 5.74) is 1.85. The van der Waals surface area contributed by atoms with Gasteiger partial charge in [0.05, 0.1) is 11.4 Å².